The van der Waals surface area contributed by atoms with Crippen LogP contribution in [0.2, 0.25) is 0 Å². The number of rotatable bonds is 5. The van der Waals surface area contributed by atoms with E-state index in [0.29, 0.717) is 18.7 Å². The molecule has 5 nitrogen and oxygen atoms in total. The van der Waals surface area contributed by atoms with Crippen LogP contribution in [-0.4, -0.2) is 48.7 Å². The quantitative estimate of drug-likeness (QED) is 0.801. The first kappa shape index (κ1) is 19.9. The van der Waals surface area contributed by atoms with E-state index in [0.717, 1.165) is 25.7 Å². The number of sulfonamides is 1. The largest absolute Gasteiger partial charge is 0.334 e. The van der Waals surface area contributed by atoms with E-state index in [-0.39, 0.29) is 22.9 Å². The van der Waals surface area contributed by atoms with Gasteiger partial charge < -0.3 is 4.90 Å². The van der Waals surface area contributed by atoms with E-state index in [1.54, 1.807) is 27.4 Å². The average Bonchev–Trinajstić information content (AvgIpc) is 2.84. The predicted molar refractivity (Wildman–Crippen MR) is 100 cm³/mol. The van der Waals surface area contributed by atoms with Crippen LogP contribution >= 0.6 is 0 Å². The zero-order valence-corrected chi connectivity index (χ0v) is 16.6. The Labute approximate surface area is 152 Å². The Morgan fingerprint density at radius 2 is 1.56 bits per heavy atom. The van der Waals surface area contributed by atoms with E-state index in [9.17, 15) is 13.2 Å². The monoisotopic (exact) mass is 366 g/mol. The smallest absolute Gasteiger partial charge is 0.254 e. The first-order valence-corrected chi connectivity index (χ1v) is 10.6. The van der Waals surface area contributed by atoms with E-state index < -0.39 is 10.0 Å². The van der Waals surface area contributed by atoms with Gasteiger partial charge in [0.15, 0.2) is 0 Å². The highest BCUT2D eigenvalue weighted by Crippen LogP contribution is 2.22. The summed E-state index contributed by atoms with van der Waals surface area (Å²) in [4.78, 5) is 14.8. The highest BCUT2D eigenvalue weighted by atomic mass is 32.2. The van der Waals surface area contributed by atoms with E-state index in [1.165, 1.54) is 6.07 Å². The normalized spacial score (nSPS) is 16.9. The summed E-state index contributed by atoms with van der Waals surface area (Å²) in [6, 6.07) is 6.58. The molecular weight excluding hydrogens is 336 g/mol. The molecule has 0 N–H and O–H groups in total. The van der Waals surface area contributed by atoms with Gasteiger partial charge >= 0.3 is 0 Å². The maximum Gasteiger partial charge on any atom is 0.254 e. The second-order valence-corrected chi connectivity index (χ2v) is 9.18. The minimum atomic E-state index is -3.54. The van der Waals surface area contributed by atoms with Crippen molar-refractivity contribution < 1.29 is 13.2 Å². The number of carbonyl (C=O) groups excluding carboxylic acids is 1. The van der Waals surface area contributed by atoms with E-state index in [1.807, 2.05) is 27.7 Å². The number of benzene rings is 1. The lowest BCUT2D eigenvalue weighted by molar-refractivity contribution is 0.0643. The molecule has 1 aromatic carbocycles. The van der Waals surface area contributed by atoms with Crippen LogP contribution in [0, 0.1) is 0 Å². The molecule has 1 fully saturated rings. The molecule has 1 amide bonds. The van der Waals surface area contributed by atoms with Gasteiger partial charge in [-0.1, -0.05) is 18.9 Å². The molecule has 1 aliphatic rings. The Bertz CT molecular complexity index is 682. The molecule has 0 spiro atoms. The zero-order valence-electron chi connectivity index (χ0n) is 15.7. The van der Waals surface area contributed by atoms with Gasteiger partial charge in [0, 0.05) is 30.7 Å². The minimum Gasteiger partial charge on any atom is -0.334 e. The van der Waals surface area contributed by atoms with Crippen molar-refractivity contribution >= 4 is 15.9 Å². The number of hydrogen-bond donors (Lipinski definition) is 0. The first-order valence-electron chi connectivity index (χ1n) is 9.18. The standard InChI is InChI=1S/C19H30N2O3S/c1-15(2)21(16(3)4)19(22)17-10-9-11-18(14-17)25(23,24)20-12-7-5-6-8-13-20/h9-11,14-16H,5-8,12-13H2,1-4H3. The van der Waals surface area contributed by atoms with Gasteiger partial charge in [-0.15, -0.1) is 0 Å². The lowest BCUT2D eigenvalue weighted by atomic mass is 10.1. The molecule has 140 valence electrons. The number of nitrogens with zero attached hydrogens (tertiary/aromatic N) is 2. The van der Waals surface area contributed by atoms with E-state index >= 15 is 0 Å². The van der Waals surface area contributed by atoms with Crippen LogP contribution in [0.5, 0.6) is 0 Å². The van der Waals surface area contributed by atoms with Crippen LogP contribution in [-0.2, 0) is 10.0 Å². The van der Waals surface area contributed by atoms with Gasteiger partial charge in [-0.05, 0) is 58.7 Å². The molecular formula is C19H30N2O3S. The molecule has 1 aliphatic heterocycles. The van der Waals surface area contributed by atoms with E-state index in [4.69, 9.17) is 0 Å². The van der Waals surface area contributed by atoms with Crippen LogP contribution in [0.3, 0.4) is 0 Å². The molecule has 1 saturated heterocycles. The fraction of sp³-hybridized carbons (Fsp3) is 0.632. The Kier molecular flexibility index (Phi) is 6.63. The third-order valence-electron chi connectivity index (χ3n) is 4.63. The summed E-state index contributed by atoms with van der Waals surface area (Å²) in [5, 5.41) is 0. The van der Waals surface area contributed by atoms with Crippen molar-refractivity contribution in [3.63, 3.8) is 0 Å². The molecule has 0 aliphatic carbocycles. The van der Waals surface area contributed by atoms with Crippen molar-refractivity contribution in [2.45, 2.75) is 70.4 Å². The second kappa shape index (κ2) is 8.32. The van der Waals surface area contributed by atoms with Crippen molar-refractivity contribution in [3.8, 4) is 0 Å². The summed E-state index contributed by atoms with van der Waals surface area (Å²) in [5.41, 5.74) is 0.429. The summed E-state index contributed by atoms with van der Waals surface area (Å²) >= 11 is 0. The molecule has 0 radical (unpaired) electrons. The predicted octanol–water partition coefficient (Wildman–Crippen LogP) is 3.51. The summed E-state index contributed by atoms with van der Waals surface area (Å²) in [6.07, 6.45) is 3.93. The number of hydrogen-bond acceptors (Lipinski definition) is 3. The zero-order chi connectivity index (χ0) is 18.6. The van der Waals surface area contributed by atoms with Gasteiger partial charge in [-0.25, -0.2) is 8.42 Å². The molecule has 1 aromatic rings. The molecule has 25 heavy (non-hydrogen) atoms. The van der Waals surface area contributed by atoms with E-state index in [2.05, 4.69) is 0 Å². The van der Waals surface area contributed by atoms with Crippen LogP contribution in [0.4, 0.5) is 0 Å². The highest BCUT2D eigenvalue weighted by Gasteiger charge is 2.27. The molecule has 0 bridgehead atoms. The third-order valence-corrected chi connectivity index (χ3v) is 6.53. The molecule has 2 rings (SSSR count). The summed E-state index contributed by atoms with van der Waals surface area (Å²) < 4.78 is 27.5. The van der Waals surface area contributed by atoms with Crippen molar-refractivity contribution in [1.82, 2.24) is 9.21 Å². The van der Waals surface area contributed by atoms with Gasteiger partial charge in [-0.2, -0.15) is 4.31 Å². The van der Waals surface area contributed by atoms with Crippen LogP contribution in [0.25, 0.3) is 0 Å². The highest BCUT2D eigenvalue weighted by molar-refractivity contribution is 7.89. The van der Waals surface area contributed by atoms with Crippen molar-refractivity contribution in [2.24, 2.45) is 0 Å². The summed E-state index contributed by atoms with van der Waals surface area (Å²) in [7, 11) is -3.54. The van der Waals surface area contributed by atoms with Crippen LogP contribution in [0.1, 0.15) is 63.7 Å². The molecule has 0 unspecified atom stereocenters. The minimum absolute atomic E-state index is 0.0540. The Morgan fingerprint density at radius 3 is 2.08 bits per heavy atom. The Balaban J connectivity index is 2.33. The summed E-state index contributed by atoms with van der Waals surface area (Å²) in [6.45, 7) is 8.99. The maximum absolute atomic E-state index is 13.0. The van der Waals surface area contributed by atoms with Crippen LogP contribution < -0.4 is 0 Å². The Hall–Kier alpha value is -1.40. The molecule has 6 heteroatoms. The van der Waals surface area contributed by atoms with Crippen LogP contribution in [0.15, 0.2) is 29.2 Å². The van der Waals surface area contributed by atoms with Crippen molar-refractivity contribution in [3.05, 3.63) is 29.8 Å². The lowest BCUT2D eigenvalue weighted by Gasteiger charge is -2.31. The molecule has 0 aromatic heterocycles. The molecule has 0 saturated carbocycles. The lowest BCUT2D eigenvalue weighted by Crippen LogP contribution is -2.42. The third kappa shape index (κ3) is 4.61. The average molecular weight is 367 g/mol. The van der Waals surface area contributed by atoms with Crippen molar-refractivity contribution in [1.29, 1.82) is 0 Å². The SMILES string of the molecule is CC(C)N(C(=O)c1cccc(S(=O)(=O)N2CCCCCC2)c1)C(C)C. The van der Waals surface area contributed by atoms with Gasteiger partial charge in [0.25, 0.3) is 5.91 Å². The Morgan fingerprint density at radius 1 is 1.00 bits per heavy atom. The second-order valence-electron chi connectivity index (χ2n) is 7.25. The van der Waals surface area contributed by atoms with Gasteiger partial charge in [0.2, 0.25) is 10.0 Å². The maximum atomic E-state index is 13.0. The summed E-state index contributed by atoms with van der Waals surface area (Å²) in [5.74, 6) is -0.127. The number of amides is 1. The van der Waals surface area contributed by atoms with Crippen molar-refractivity contribution in [2.75, 3.05) is 13.1 Å². The van der Waals surface area contributed by atoms with Gasteiger partial charge in [-0.3, -0.25) is 4.79 Å². The number of carbonyl (C=O) groups is 1. The molecule has 0 atom stereocenters. The van der Waals surface area contributed by atoms with Gasteiger partial charge in [0.1, 0.15) is 0 Å². The van der Waals surface area contributed by atoms with Gasteiger partial charge in [0.05, 0.1) is 4.90 Å². The molecule has 1 heterocycles. The topological polar surface area (TPSA) is 57.7 Å². The first-order chi connectivity index (χ1) is 11.7. The fourth-order valence-electron chi connectivity index (χ4n) is 3.44. The fourth-order valence-corrected chi connectivity index (χ4v) is 5.00.